The van der Waals surface area contributed by atoms with E-state index in [2.05, 4.69) is 12.1 Å². The summed E-state index contributed by atoms with van der Waals surface area (Å²) in [5.74, 6) is 1.87. The Morgan fingerprint density at radius 2 is 1.33 bits per heavy atom. The molecule has 0 aliphatic carbocycles. The summed E-state index contributed by atoms with van der Waals surface area (Å²) in [5.41, 5.74) is 2.39. The van der Waals surface area contributed by atoms with E-state index in [0.717, 1.165) is 36.3 Å². The van der Waals surface area contributed by atoms with Gasteiger partial charge in [0, 0.05) is 6.42 Å². The summed E-state index contributed by atoms with van der Waals surface area (Å²) in [7, 11) is 3.31. The van der Waals surface area contributed by atoms with Crippen molar-refractivity contribution < 1.29 is 14.3 Å². The average molecular weight is 324 g/mol. The van der Waals surface area contributed by atoms with Crippen LogP contribution in [0.15, 0.2) is 60.7 Å². The molecule has 0 saturated carbocycles. The van der Waals surface area contributed by atoms with Gasteiger partial charge in [0.25, 0.3) is 0 Å². The van der Waals surface area contributed by atoms with Gasteiger partial charge in [-0.05, 0) is 60.7 Å². The number of hydrogen-bond donors (Lipinski definition) is 0. The van der Waals surface area contributed by atoms with Crippen LogP contribution in [0.4, 0.5) is 0 Å². The molecular weight excluding hydrogens is 300 g/mol. The fourth-order valence-corrected chi connectivity index (χ4v) is 2.40. The van der Waals surface area contributed by atoms with Crippen LogP contribution < -0.4 is 9.47 Å². The Bertz CT molecular complexity index is 654. The third-order valence-electron chi connectivity index (χ3n) is 3.88. The summed E-state index contributed by atoms with van der Waals surface area (Å²) in [6, 6.07) is 15.9. The first kappa shape index (κ1) is 17.8. The molecule has 0 N–H and O–H groups in total. The summed E-state index contributed by atoms with van der Waals surface area (Å²) in [6.07, 6.45) is 6.73. The fourth-order valence-electron chi connectivity index (χ4n) is 2.40. The first-order valence-corrected chi connectivity index (χ1v) is 8.16. The van der Waals surface area contributed by atoms with E-state index in [1.54, 1.807) is 20.3 Å². The molecule has 2 rings (SSSR count). The van der Waals surface area contributed by atoms with E-state index in [4.69, 9.17) is 9.47 Å². The Kier molecular flexibility index (Phi) is 7.09. The van der Waals surface area contributed by atoms with E-state index < -0.39 is 0 Å². The van der Waals surface area contributed by atoms with E-state index >= 15 is 0 Å². The summed E-state index contributed by atoms with van der Waals surface area (Å²) in [6.45, 7) is 0. The smallest absolute Gasteiger partial charge is 0.155 e. The Labute approximate surface area is 143 Å². The number of aryl methyl sites for hydroxylation is 2. The molecule has 0 radical (unpaired) electrons. The van der Waals surface area contributed by atoms with Crippen LogP contribution >= 0.6 is 0 Å². The zero-order valence-corrected chi connectivity index (χ0v) is 14.3. The third kappa shape index (κ3) is 5.92. The highest BCUT2D eigenvalue weighted by Gasteiger charge is 2.00. The number of carbonyl (C=O) groups is 1. The Balaban J connectivity index is 1.70. The van der Waals surface area contributed by atoms with Gasteiger partial charge in [-0.3, -0.25) is 4.79 Å². The minimum Gasteiger partial charge on any atom is -0.497 e. The largest absolute Gasteiger partial charge is 0.497 e. The maximum atomic E-state index is 11.9. The Morgan fingerprint density at radius 1 is 0.833 bits per heavy atom. The van der Waals surface area contributed by atoms with Gasteiger partial charge in [0.1, 0.15) is 11.5 Å². The Hall–Kier alpha value is -2.55. The number of rotatable bonds is 9. The second-order valence-electron chi connectivity index (χ2n) is 5.60. The predicted molar refractivity (Wildman–Crippen MR) is 96.8 cm³/mol. The van der Waals surface area contributed by atoms with Gasteiger partial charge in [0.15, 0.2) is 5.78 Å². The molecule has 0 bridgehead atoms. The van der Waals surface area contributed by atoms with Crippen LogP contribution in [-0.4, -0.2) is 20.0 Å². The van der Waals surface area contributed by atoms with Crippen molar-refractivity contribution in [3.05, 3.63) is 71.8 Å². The van der Waals surface area contributed by atoms with Crippen LogP contribution in [0.25, 0.3) is 0 Å². The molecule has 0 fully saturated rings. The number of methoxy groups -OCH3 is 2. The van der Waals surface area contributed by atoms with E-state index in [1.165, 1.54) is 5.56 Å². The molecule has 0 aromatic heterocycles. The van der Waals surface area contributed by atoms with Crippen molar-refractivity contribution in [3.8, 4) is 11.5 Å². The number of ether oxygens (including phenoxy) is 2. The van der Waals surface area contributed by atoms with Crippen molar-refractivity contribution in [1.29, 1.82) is 0 Å². The highest BCUT2D eigenvalue weighted by Crippen LogP contribution is 2.14. The lowest BCUT2D eigenvalue weighted by atomic mass is 10.1. The molecule has 3 heteroatoms. The van der Waals surface area contributed by atoms with Crippen molar-refractivity contribution in [1.82, 2.24) is 0 Å². The quantitative estimate of drug-likeness (QED) is 0.642. The standard InChI is InChI=1S/C21H24O3/c1-23-20-13-8-17(9-14-20)5-3-4-6-19(22)12-7-18-10-15-21(24-2)16-11-18/h4,6,8-11,13-16H,3,5,7,12H2,1-2H3. The number of carbonyl (C=O) groups excluding carboxylic acids is 1. The lowest BCUT2D eigenvalue weighted by Crippen LogP contribution is -1.96. The van der Waals surface area contributed by atoms with Gasteiger partial charge in [-0.1, -0.05) is 30.3 Å². The molecule has 0 saturated heterocycles. The molecule has 0 atom stereocenters. The lowest BCUT2D eigenvalue weighted by molar-refractivity contribution is -0.114. The summed E-state index contributed by atoms with van der Waals surface area (Å²) < 4.78 is 10.3. The second kappa shape index (κ2) is 9.56. The van der Waals surface area contributed by atoms with Crippen LogP contribution in [0.5, 0.6) is 11.5 Å². The normalized spacial score (nSPS) is 10.8. The van der Waals surface area contributed by atoms with Gasteiger partial charge in [0.2, 0.25) is 0 Å². The van der Waals surface area contributed by atoms with Gasteiger partial charge >= 0.3 is 0 Å². The molecule has 0 aliphatic heterocycles. The summed E-state index contributed by atoms with van der Waals surface area (Å²) >= 11 is 0. The van der Waals surface area contributed by atoms with Gasteiger partial charge in [-0.2, -0.15) is 0 Å². The highest BCUT2D eigenvalue weighted by molar-refractivity contribution is 5.89. The fraction of sp³-hybridized carbons (Fsp3) is 0.286. The molecule has 2 aromatic carbocycles. The molecule has 2 aromatic rings. The lowest BCUT2D eigenvalue weighted by Gasteiger charge is -2.02. The minimum absolute atomic E-state index is 0.167. The van der Waals surface area contributed by atoms with Crippen molar-refractivity contribution in [3.63, 3.8) is 0 Å². The number of benzene rings is 2. The molecule has 0 aliphatic rings. The van der Waals surface area contributed by atoms with Crippen LogP contribution in [-0.2, 0) is 17.6 Å². The number of allylic oxidation sites excluding steroid dienone is 2. The van der Waals surface area contributed by atoms with Crippen LogP contribution in [0, 0.1) is 0 Å². The molecular formula is C21H24O3. The van der Waals surface area contributed by atoms with E-state index in [9.17, 15) is 4.79 Å². The van der Waals surface area contributed by atoms with Crippen molar-refractivity contribution >= 4 is 5.78 Å². The van der Waals surface area contributed by atoms with Gasteiger partial charge in [0.05, 0.1) is 14.2 Å². The second-order valence-corrected chi connectivity index (χ2v) is 5.60. The molecule has 0 unspecified atom stereocenters. The molecule has 126 valence electrons. The third-order valence-corrected chi connectivity index (χ3v) is 3.88. The molecule has 0 spiro atoms. The Morgan fingerprint density at radius 3 is 1.83 bits per heavy atom. The minimum atomic E-state index is 0.167. The zero-order chi connectivity index (χ0) is 17.2. The molecule has 0 heterocycles. The molecule has 0 amide bonds. The monoisotopic (exact) mass is 324 g/mol. The maximum absolute atomic E-state index is 11.9. The van der Waals surface area contributed by atoms with Crippen molar-refractivity contribution in [2.75, 3.05) is 14.2 Å². The van der Waals surface area contributed by atoms with E-state index in [-0.39, 0.29) is 5.78 Å². The number of hydrogen-bond acceptors (Lipinski definition) is 3. The SMILES string of the molecule is COc1ccc(CCC=CC(=O)CCc2ccc(OC)cc2)cc1. The van der Waals surface area contributed by atoms with Crippen LogP contribution in [0.2, 0.25) is 0 Å². The van der Waals surface area contributed by atoms with E-state index in [1.807, 2.05) is 42.5 Å². The number of ketones is 1. The van der Waals surface area contributed by atoms with Gasteiger partial charge in [-0.25, -0.2) is 0 Å². The summed E-state index contributed by atoms with van der Waals surface area (Å²) in [4.78, 5) is 11.9. The highest BCUT2D eigenvalue weighted by atomic mass is 16.5. The predicted octanol–water partition coefficient (Wildman–Crippen LogP) is 4.39. The van der Waals surface area contributed by atoms with Gasteiger partial charge < -0.3 is 9.47 Å². The van der Waals surface area contributed by atoms with Crippen molar-refractivity contribution in [2.45, 2.75) is 25.7 Å². The average Bonchev–Trinajstić information content (AvgIpc) is 2.64. The van der Waals surface area contributed by atoms with E-state index in [0.29, 0.717) is 6.42 Å². The molecule has 24 heavy (non-hydrogen) atoms. The summed E-state index contributed by atoms with van der Waals surface area (Å²) in [5, 5.41) is 0. The molecule has 3 nitrogen and oxygen atoms in total. The van der Waals surface area contributed by atoms with Crippen LogP contribution in [0.1, 0.15) is 24.0 Å². The van der Waals surface area contributed by atoms with Crippen LogP contribution in [0.3, 0.4) is 0 Å². The first-order chi connectivity index (χ1) is 11.7. The van der Waals surface area contributed by atoms with Crippen molar-refractivity contribution in [2.24, 2.45) is 0 Å². The zero-order valence-electron chi connectivity index (χ0n) is 14.3. The van der Waals surface area contributed by atoms with Gasteiger partial charge in [-0.15, -0.1) is 0 Å². The topological polar surface area (TPSA) is 35.5 Å². The maximum Gasteiger partial charge on any atom is 0.155 e. The first-order valence-electron chi connectivity index (χ1n) is 8.16.